The van der Waals surface area contributed by atoms with E-state index >= 15 is 0 Å². The molecule has 0 spiro atoms. The Bertz CT molecular complexity index is 729. The molecular weight excluding hydrogens is 278 g/mol. The third kappa shape index (κ3) is 2.11. The summed E-state index contributed by atoms with van der Waals surface area (Å²) in [7, 11) is 0. The molecule has 0 aliphatic heterocycles. The summed E-state index contributed by atoms with van der Waals surface area (Å²) >= 11 is 8.02. The largest absolute Gasteiger partial charge is 0.369 e. The van der Waals surface area contributed by atoms with E-state index in [2.05, 4.69) is 23.4 Å². The predicted octanol–water partition coefficient (Wildman–Crippen LogP) is 3.94. The quantitative estimate of drug-likeness (QED) is 0.794. The summed E-state index contributed by atoms with van der Waals surface area (Å²) in [6.07, 6.45) is 1.03. The first-order valence-corrected chi connectivity index (χ1v) is 7.42. The molecule has 0 saturated carbocycles. The van der Waals surface area contributed by atoms with Crippen LogP contribution in [0, 0.1) is 0 Å². The second-order valence-corrected chi connectivity index (χ2v) is 5.79. The Balaban J connectivity index is 2.13. The first-order valence-electron chi connectivity index (χ1n) is 6.16. The van der Waals surface area contributed by atoms with Crippen LogP contribution in [0.25, 0.3) is 11.0 Å². The highest BCUT2D eigenvalue weighted by Crippen LogP contribution is 2.28. The molecule has 0 atom stereocenters. The van der Waals surface area contributed by atoms with Crippen LogP contribution in [0.4, 0.5) is 5.95 Å². The van der Waals surface area contributed by atoms with Crippen LogP contribution in [0.2, 0.25) is 5.02 Å². The van der Waals surface area contributed by atoms with Crippen molar-refractivity contribution in [2.24, 2.45) is 0 Å². The lowest BCUT2D eigenvalue weighted by Crippen LogP contribution is -2.05. The van der Waals surface area contributed by atoms with E-state index in [1.54, 1.807) is 11.3 Å². The van der Waals surface area contributed by atoms with Crippen molar-refractivity contribution in [2.75, 3.05) is 5.73 Å². The number of benzene rings is 1. The first-order chi connectivity index (χ1) is 9.20. The average molecular weight is 292 g/mol. The molecule has 2 heterocycles. The van der Waals surface area contributed by atoms with E-state index in [1.807, 2.05) is 22.8 Å². The number of aryl methyl sites for hydroxylation is 1. The third-order valence-corrected chi connectivity index (χ3v) is 4.52. The van der Waals surface area contributed by atoms with Gasteiger partial charge < -0.3 is 10.3 Å². The van der Waals surface area contributed by atoms with E-state index in [0.717, 1.165) is 24.0 Å². The summed E-state index contributed by atoms with van der Waals surface area (Å²) in [5, 5.41) is 2.81. The molecule has 0 fully saturated rings. The number of nitrogen functional groups attached to an aromatic ring is 1. The number of halogens is 1. The van der Waals surface area contributed by atoms with Gasteiger partial charge in [-0.1, -0.05) is 24.6 Å². The van der Waals surface area contributed by atoms with Gasteiger partial charge in [0.1, 0.15) is 0 Å². The molecule has 1 aromatic carbocycles. The van der Waals surface area contributed by atoms with Gasteiger partial charge in [-0.05, 0) is 35.6 Å². The molecule has 5 heteroatoms. The SMILES string of the molecule is CCc1ccsc1Cn1c(N)nc2cccc(Cl)c21. The summed E-state index contributed by atoms with van der Waals surface area (Å²) in [5.74, 6) is 0.513. The molecule has 98 valence electrons. The Morgan fingerprint density at radius 2 is 2.21 bits per heavy atom. The Morgan fingerprint density at radius 1 is 1.37 bits per heavy atom. The van der Waals surface area contributed by atoms with Crippen LogP contribution in [0.5, 0.6) is 0 Å². The number of hydrogen-bond donors (Lipinski definition) is 1. The normalized spacial score (nSPS) is 11.3. The van der Waals surface area contributed by atoms with E-state index in [-0.39, 0.29) is 0 Å². The van der Waals surface area contributed by atoms with Gasteiger partial charge in [0, 0.05) is 4.88 Å². The van der Waals surface area contributed by atoms with E-state index in [0.29, 0.717) is 11.0 Å². The van der Waals surface area contributed by atoms with Gasteiger partial charge in [-0.25, -0.2) is 4.98 Å². The fourth-order valence-electron chi connectivity index (χ4n) is 2.28. The minimum Gasteiger partial charge on any atom is -0.369 e. The van der Waals surface area contributed by atoms with Gasteiger partial charge in [-0.3, -0.25) is 0 Å². The molecule has 0 unspecified atom stereocenters. The molecule has 3 rings (SSSR count). The number of anilines is 1. The zero-order valence-electron chi connectivity index (χ0n) is 10.6. The smallest absolute Gasteiger partial charge is 0.201 e. The molecule has 3 nitrogen and oxygen atoms in total. The highest BCUT2D eigenvalue weighted by molar-refractivity contribution is 7.10. The summed E-state index contributed by atoms with van der Waals surface area (Å²) in [5.41, 5.74) is 9.15. The second kappa shape index (κ2) is 4.87. The van der Waals surface area contributed by atoms with E-state index < -0.39 is 0 Å². The molecular formula is C14H14ClN3S. The summed E-state index contributed by atoms with van der Waals surface area (Å²) in [4.78, 5) is 5.68. The minimum absolute atomic E-state index is 0.513. The number of para-hydroxylation sites is 1. The van der Waals surface area contributed by atoms with Gasteiger partial charge in [0.05, 0.1) is 22.6 Å². The third-order valence-electron chi connectivity index (χ3n) is 3.27. The summed E-state index contributed by atoms with van der Waals surface area (Å²) < 4.78 is 1.99. The van der Waals surface area contributed by atoms with Gasteiger partial charge in [-0.15, -0.1) is 11.3 Å². The summed E-state index contributed by atoms with van der Waals surface area (Å²) in [6.45, 7) is 2.89. The summed E-state index contributed by atoms with van der Waals surface area (Å²) in [6, 6.07) is 7.86. The van der Waals surface area contributed by atoms with Gasteiger partial charge in [-0.2, -0.15) is 0 Å². The first kappa shape index (κ1) is 12.5. The lowest BCUT2D eigenvalue weighted by Gasteiger charge is -2.07. The molecule has 19 heavy (non-hydrogen) atoms. The number of imidazole rings is 1. The molecule has 0 aliphatic rings. The number of fused-ring (bicyclic) bond motifs is 1. The van der Waals surface area contributed by atoms with Crippen molar-refractivity contribution >= 4 is 39.9 Å². The van der Waals surface area contributed by atoms with Gasteiger partial charge >= 0.3 is 0 Å². The van der Waals surface area contributed by atoms with Crippen molar-refractivity contribution < 1.29 is 0 Å². The van der Waals surface area contributed by atoms with Crippen molar-refractivity contribution in [3.63, 3.8) is 0 Å². The highest BCUT2D eigenvalue weighted by Gasteiger charge is 2.13. The highest BCUT2D eigenvalue weighted by atomic mass is 35.5. The molecule has 2 aromatic heterocycles. The number of rotatable bonds is 3. The fourth-order valence-corrected chi connectivity index (χ4v) is 3.52. The van der Waals surface area contributed by atoms with Crippen molar-refractivity contribution in [2.45, 2.75) is 19.9 Å². The Hall–Kier alpha value is -1.52. The number of thiophene rings is 1. The molecule has 3 aromatic rings. The fraction of sp³-hybridized carbons (Fsp3) is 0.214. The number of nitrogens with two attached hydrogens (primary N) is 1. The second-order valence-electron chi connectivity index (χ2n) is 4.39. The Kier molecular flexibility index (Phi) is 3.21. The van der Waals surface area contributed by atoms with E-state index in [1.165, 1.54) is 10.4 Å². The molecule has 0 radical (unpaired) electrons. The molecule has 0 saturated heterocycles. The standard InChI is InChI=1S/C14H14ClN3S/c1-2-9-6-7-19-12(9)8-18-13-10(15)4-3-5-11(13)17-14(18)16/h3-7H,2,8H2,1H3,(H2,16,17). The molecule has 0 amide bonds. The van der Waals surface area contributed by atoms with Crippen LogP contribution in [-0.4, -0.2) is 9.55 Å². The van der Waals surface area contributed by atoms with Crippen LogP contribution in [0.3, 0.4) is 0 Å². The Morgan fingerprint density at radius 3 is 3.00 bits per heavy atom. The molecule has 2 N–H and O–H groups in total. The van der Waals surface area contributed by atoms with Crippen LogP contribution < -0.4 is 5.73 Å². The van der Waals surface area contributed by atoms with Crippen molar-refractivity contribution in [1.82, 2.24) is 9.55 Å². The predicted molar refractivity (Wildman–Crippen MR) is 82.0 cm³/mol. The van der Waals surface area contributed by atoms with Gasteiger partial charge in [0.25, 0.3) is 0 Å². The maximum absolute atomic E-state index is 6.28. The van der Waals surface area contributed by atoms with Crippen LogP contribution in [0.1, 0.15) is 17.4 Å². The monoisotopic (exact) mass is 291 g/mol. The van der Waals surface area contributed by atoms with Gasteiger partial charge in [0.15, 0.2) is 0 Å². The molecule has 0 aliphatic carbocycles. The van der Waals surface area contributed by atoms with Crippen molar-refractivity contribution in [3.8, 4) is 0 Å². The van der Waals surface area contributed by atoms with Crippen molar-refractivity contribution in [3.05, 3.63) is 45.1 Å². The molecule has 0 bridgehead atoms. The minimum atomic E-state index is 0.513. The average Bonchev–Trinajstić information content (AvgIpc) is 2.96. The van der Waals surface area contributed by atoms with Crippen molar-refractivity contribution in [1.29, 1.82) is 0 Å². The number of nitrogens with zero attached hydrogens (tertiary/aromatic N) is 2. The lowest BCUT2D eigenvalue weighted by molar-refractivity contribution is 0.841. The Labute approximate surface area is 120 Å². The zero-order valence-corrected chi connectivity index (χ0v) is 12.1. The van der Waals surface area contributed by atoms with Crippen LogP contribution in [-0.2, 0) is 13.0 Å². The van der Waals surface area contributed by atoms with Gasteiger partial charge in [0.2, 0.25) is 5.95 Å². The van der Waals surface area contributed by atoms with Crippen LogP contribution in [0.15, 0.2) is 29.6 Å². The maximum atomic E-state index is 6.28. The van der Waals surface area contributed by atoms with Crippen LogP contribution >= 0.6 is 22.9 Å². The maximum Gasteiger partial charge on any atom is 0.201 e. The number of hydrogen-bond acceptors (Lipinski definition) is 3. The zero-order chi connectivity index (χ0) is 13.4. The van der Waals surface area contributed by atoms with E-state index in [4.69, 9.17) is 17.3 Å². The van der Waals surface area contributed by atoms with E-state index in [9.17, 15) is 0 Å². The number of aromatic nitrogens is 2. The topological polar surface area (TPSA) is 43.8 Å². The lowest BCUT2D eigenvalue weighted by atomic mass is 10.2.